The second-order valence-corrected chi connectivity index (χ2v) is 5.80. The summed E-state index contributed by atoms with van der Waals surface area (Å²) in [6, 6.07) is 3.38. The van der Waals surface area contributed by atoms with Crippen LogP contribution in [0.4, 0.5) is 5.69 Å². The maximum absolute atomic E-state index is 11.7. The molecule has 20 heavy (non-hydrogen) atoms. The minimum absolute atomic E-state index is 0.0869. The fourth-order valence-electron chi connectivity index (χ4n) is 1.72. The maximum atomic E-state index is 11.7. The summed E-state index contributed by atoms with van der Waals surface area (Å²) in [5, 5.41) is 21.1. The molecule has 0 bridgehead atoms. The Bertz CT molecular complexity index is 514. The van der Waals surface area contributed by atoms with Crippen molar-refractivity contribution in [3.05, 3.63) is 23.3 Å². The molecule has 0 aliphatic heterocycles. The fourth-order valence-corrected chi connectivity index (χ4v) is 2.26. The van der Waals surface area contributed by atoms with Gasteiger partial charge in [0.05, 0.1) is 11.5 Å². The molecule has 0 spiro atoms. The van der Waals surface area contributed by atoms with Crippen LogP contribution in [0.5, 0.6) is 5.75 Å². The van der Waals surface area contributed by atoms with E-state index in [0.29, 0.717) is 5.69 Å². The normalized spacial score (nSPS) is 10.6. The van der Waals surface area contributed by atoms with Gasteiger partial charge in [-0.15, -0.1) is 11.8 Å². The van der Waals surface area contributed by atoms with Crippen LogP contribution in [0.15, 0.2) is 12.1 Å². The number of carboxylic acids is 1. The molecule has 6 heteroatoms. The van der Waals surface area contributed by atoms with Crippen LogP contribution < -0.4 is 5.32 Å². The number of carboxylic acid groups (broad SMARTS) is 1. The Morgan fingerprint density at radius 1 is 1.30 bits per heavy atom. The summed E-state index contributed by atoms with van der Waals surface area (Å²) in [5.41, 5.74) is 2.18. The number of anilines is 1. The SMILES string of the molecule is Cc1cc(O)c(C(C)C)cc1NC(=O)CSCC(=O)O. The second kappa shape index (κ2) is 7.19. The van der Waals surface area contributed by atoms with E-state index in [1.807, 2.05) is 13.8 Å². The van der Waals surface area contributed by atoms with Gasteiger partial charge in [0.15, 0.2) is 0 Å². The van der Waals surface area contributed by atoms with Crippen molar-refractivity contribution in [3.8, 4) is 5.75 Å². The number of carbonyl (C=O) groups excluding carboxylic acids is 1. The summed E-state index contributed by atoms with van der Waals surface area (Å²) in [7, 11) is 0. The van der Waals surface area contributed by atoms with Crippen molar-refractivity contribution in [1.82, 2.24) is 0 Å². The molecule has 0 aliphatic carbocycles. The average Bonchev–Trinajstić information content (AvgIpc) is 2.31. The van der Waals surface area contributed by atoms with E-state index < -0.39 is 5.97 Å². The Labute approximate surface area is 122 Å². The fraction of sp³-hybridized carbons (Fsp3) is 0.429. The Hall–Kier alpha value is -1.69. The molecule has 0 aromatic heterocycles. The van der Waals surface area contributed by atoms with Crippen LogP contribution >= 0.6 is 11.8 Å². The molecular formula is C14H19NO4S. The van der Waals surface area contributed by atoms with Gasteiger partial charge in [0.2, 0.25) is 5.91 Å². The van der Waals surface area contributed by atoms with Gasteiger partial charge in [-0.3, -0.25) is 9.59 Å². The maximum Gasteiger partial charge on any atom is 0.313 e. The largest absolute Gasteiger partial charge is 0.508 e. The number of amides is 1. The molecule has 3 N–H and O–H groups in total. The third kappa shape index (κ3) is 4.77. The van der Waals surface area contributed by atoms with Crippen molar-refractivity contribution in [2.24, 2.45) is 0 Å². The number of carbonyl (C=O) groups is 2. The van der Waals surface area contributed by atoms with Gasteiger partial charge < -0.3 is 15.5 Å². The van der Waals surface area contributed by atoms with E-state index in [1.165, 1.54) is 0 Å². The molecule has 110 valence electrons. The van der Waals surface area contributed by atoms with E-state index in [0.717, 1.165) is 22.9 Å². The van der Waals surface area contributed by atoms with E-state index in [2.05, 4.69) is 5.32 Å². The van der Waals surface area contributed by atoms with Crippen LogP contribution in [-0.2, 0) is 9.59 Å². The lowest BCUT2D eigenvalue weighted by Crippen LogP contribution is -2.16. The highest BCUT2D eigenvalue weighted by molar-refractivity contribution is 8.00. The molecule has 0 unspecified atom stereocenters. The lowest BCUT2D eigenvalue weighted by atomic mass is 9.99. The van der Waals surface area contributed by atoms with Gasteiger partial charge in [-0.25, -0.2) is 0 Å². The number of aliphatic carboxylic acids is 1. The number of hydrogen-bond donors (Lipinski definition) is 3. The molecule has 0 atom stereocenters. The van der Waals surface area contributed by atoms with Crippen molar-refractivity contribution in [2.75, 3.05) is 16.8 Å². The first-order valence-electron chi connectivity index (χ1n) is 6.24. The first-order valence-corrected chi connectivity index (χ1v) is 7.39. The highest BCUT2D eigenvalue weighted by Gasteiger charge is 2.12. The summed E-state index contributed by atoms with van der Waals surface area (Å²) < 4.78 is 0. The smallest absolute Gasteiger partial charge is 0.313 e. The Kier molecular flexibility index (Phi) is 5.88. The van der Waals surface area contributed by atoms with Gasteiger partial charge in [-0.2, -0.15) is 0 Å². The minimum Gasteiger partial charge on any atom is -0.508 e. The van der Waals surface area contributed by atoms with Crippen molar-refractivity contribution in [2.45, 2.75) is 26.7 Å². The summed E-state index contributed by atoms with van der Waals surface area (Å²) in [5.74, 6) is -0.836. The molecule has 1 rings (SSSR count). The van der Waals surface area contributed by atoms with Crippen molar-refractivity contribution < 1.29 is 19.8 Å². The molecule has 0 fully saturated rings. The van der Waals surface area contributed by atoms with Crippen LogP contribution in [0, 0.1) is 6.92 Å². The third-order valence-electron chi connectivity index (χ3n) is 2.73. The Morgan fingerprint density at radius 3 is 2.50 bits per heavy atom. The molecule has 0 saturated heterocycles. The first kappa shape index (κ1) is 16.4. The van der Waals surface area contributed by atoms with E-state index in [1.54, 1.807) is 19.1 Å². The number of phenolic OH excluding ortho intramolecular Hbond substituents is 1. The Balaban J connectivity index is 2.74. The van der Waals surface area contributed by atoms with Gasteiger partial charge in [0.1, 0.15) is 5.75 Å². The number of hydrogen-bond acceptors (Lipinski definition) is 4. The average molecular weight is 297 g/mol. The van der Waals surface area contributed by atoms with Crippen molar-refractivity contribution in [1.29, 1.82) is 0 Å². The molecule has 1 aromatic carbocycles. The molecule has 5 nitrogen and oxygen atoms in total. The number of benzene rings is 1. The predicted molar refractivity (Wildman–Crippen MR) is 80.5 cm³/mol. The lowest BCUT2D eigenvalue weighted by molar-refractivity contribution is -0.133. The van der Waals surface area contributed by atoms with E-state index in [4.69, 9.17) is 5.11 Å². The monoisotopic (exact) mass is 297 g/mol. The molecule has 1 aromatic rings. The standard InChI is InChI=1S/C14H19NO4S/c1-8(2)10-5-11(9(3)4-12(10)16)15-13(17)6-20-7-14(18)19/h4-5,8,16H,6-7H2,1-3H3,(H,15,17)(H,18,19). The Morgan fingerprint density at radius 2 is 1.95 bits per heavy atom. The molecule has 0 radical (unpaired) electrons. The first-order chi connectivity index (χ1) is 9.31. The highest BCUT2D eigenvalue weighted by atomic mass is 32.2. The summed E-state index contributed by atoms with van der Waals surface area (Å²) >= 11 is 1.05. The summed E-state index contributed by atoms with van der Waals surface area (Å²) in [6.45, 7) is 5.71. The molecular weight excluding hydrogens is 278 g/mol. The highest BCUT2D eigenvalue weighted by Crippen LogP contribution is 2.31. The number of thioether (sulfide) groups is 1. The number of rotatable bonds is 6. The number of nitrogens with one attached hydrogen (secondary N) is 1. The quantitative estimate of drug-likeness (QED) is 0.703. The van der Waals surface area contributed by atoms with Crippen LogP contribution in [-0.4, -0.2) is 33.6 Å². The molecule has 0 heterocycles. The second-order valence-electron chi connectivity index (χ2n) is 4.82. The van der Waals surface area contributed by atoms with Crippen LogP contribution in [0.1, 0.15) is 30.9 Å². The topological polar surface area (TPSA) is 86.6 Å². The van der Waals surface area contributed by atoms with Crippen molar-refractivity contribution >= 4 is 29.3 Å². The van der Waals surface area contributed by atoms with Crippen LogP contribution in [0.2, 0.25) is 0 Å². The molecule has 1 amide bonds. The van der Waals surface area contributed by atoms with Gasteiger partial charge in [0, 0.05) is 5.69 Å². The summed E-state index contributed by atoms with van der Waals surface area (Å²) in [6.07, 6.45) is 0. The number of phenols is 1. The van der Waals surface area contributed by atoms with Gasteiger partial charge >= 0.3 is 5.97 Å². The predicted octanol–water partition coefficient (Wildman–Crippen LogP) is 2.58. The zero-order chi connectivity index (χ0) is 15.3. The van der Waals surface area contributed by atoms with Crippen LogP contribution in [0.3, 0.4) is 0 Å². The molecule has 0 saturated carbocycles. The zero-order valence-electron chi connectivity index (χ0n) is 11.8. The van der Waals surface area contributed by atoms with E-state index in [9.17, 15) is 14.7 Å². The molecule has 0 aliphatic rings. The van der Waals surface area contributed by atoms with Gasteiger partial charge in [-0.1, -0.05) is 13.8 Å². The zero-order valence-corrected chi connectivity index (χ0v) is 12.6. The number of aryl methyl sites for hydroxylation is 1. The van der Waals surface area contributed by atoms with E-state index >= 15 is 0 Å². The number of aromatic hydroxyl groups is 1. The minimum atomic E-state index is -0.939. The van der Waals surface area contributed by atoms with Gasteiger partial charge in [-0.05, 0) is 36.1 Å². The van der Waals surface area contributed by atoms with Crippen LogP contribution in [0.25, 0.3) is 0 Å². The van der Waals surface area contributed by atoms with E-state index in [-0.39, 0.29) is 29.1 Å². The third-order valence-corrected chi connectivity index (χ3v) is 3.65. The van der Waals surface area contributed by atoms with Gasteiger partial charge in [0.25, 0.3) is 0 Å². The lowest BCUT2D eigenvalue weighted by Gasteiger charge is -2.14. The summed E-state index contributed by atoms with van der Waals surface area (Å²) in [4.78, 5) is 22.1. The van der Waals surface area contributed by atoms with Crippen molar-refractivity contribution in [3.63, 3.8) is 0 Å².